The van der Waals surface area contributed by atoms with Crippen molar-refractivity contribution in [1.29, 1.82) is 0 Å². The number of benzene rings is 4. The fourth-order valence-electron chi connectivity index (χ4n) is 3.81. The van der Waals surface area contributed by atoms with Crippen LogP contribution in [0.5, 0.6) is 0 Å². The number of carbonyl (C=O) groups is 1. The number of hydrogen-bond donors (Lipinski definition) is 1. The van der Waals surface area contributed by atoms with Crippen molar-refractivity contribution in [3.63, 3.8) is 0 Å². The predicted octanol–water partition coefficient (Wildman–Crippen LogP) is 4.98. The van der Waals surface area contributed by atoms with Gasteiger partial charge in [0.1, 0.15) is 23.2 Å². The molecule has 0 unspecified atom stereocenters. The van der Waals surface area contributed by atoms with E-state index in [1.54, 1.807) is 12.1 Å². The number of carboxylic acids is 1. The molecule has 3 heteroatoms. The lowest BCUT2D eigenvalue weighted by Crippen LogP contribution is -2.31. The molecule has 0 radical (unpaired) electrons. The normalized spacial score (nSPS) is 11.2. The summed E-state index contributed by atoms with van der Waals surface area (Å²) < 4.78 is 0. The SMILES string of the molecule is C[P+](c1ccccc1)(c1ccccc1)c1ccccc1-c1cccc(C(=O)O)c1. The predicted molar refractivity (Wildman–Crippen MR) is 123 cm³/mol. The molecule has 0 atom stereocenters. The molecular formula is C26H22O2P+. The molecule has 0 aliphatic heterocycles. The molecule has 142 valence electrons. The summed E-state index contributed by atoms with van der Waals surface area (Å²) >= 11 is 0. The number of hydrogen-bond acceptors (Lipinski definition) is 1. The van der Waals surface area contributed by atoms with E-state index in [1.807, 2.05) is 30.3 Å². The van der Waals surface area contributed by atoms with E-state index in [9.17, 15) is 9.90 Å². The fourth-order valence-corrected chi connectivity index (χ4v) is 7.27. The van der Waals surface area contributed by atoms with Crippen molar-refractivity contribution < 1.29 is 9.90 Å². The van der Waals surface area contributed by atoms with Gasteiger partial charge < -0.3 is 5.11 Å². The summed E-state index contributed by atoms with van der Waals surface area (Å²) in [4.78, 5) is 11.5. The summed E-state index contributed by atoms with van der Waals surface area (Å²) in [6, 6.07) is 36.8. The molecule has 0 aromatic heterocycles. The molecule has 4 aromatic rings. The molecule has 0 heterocycles. The Hall–Kier alpha value is -3.22. The minimum absolute atomic E-state index is 0.303. The third kappa shape index (κ3) is 3.60. The molecule has 0 aliphatic carbocycles. The van der Waals surface area contributed by atoms with Crippen LogP contribution in [-0.2, 0) is 0 Å². The largest absolute Gasteiger partial charge is 0.478 e. The molecule has 0 aliphatic rings. The average molecular weight is 397 g/mol. The lowest BCUT2D eigenvalue weighted by atomic mass is 10.0. The first-order valence-corrected chi connectivity index (χ1v) is 11.8. The first-order chi connectivity index (χ1) is 14.1. The van der Waals surface area contributed by atoms with Gasteiger partial charge in [0.25, 0.3) is 0 Å². The third-order valence-electron chi connectivity index (χ3n) is 5.35. The Kier molecular flexibility index (Phi) is 5.29. The Morgan fingerprint density at radius 2 is 1.24 bits per heavy atom. The maximum Gasteiger partial charge on any atom is 0.335 e. The summed E-state index contributed by atoms with van der Waals surface area (Å²) in [5.74, 6) is -0.909. The second-order valence-electron chi connectivity index (χ2n) is 7.08. The van der Waals surface area contributed by atoms with Gasteiger partial charge in [-0.3, -0.25) is 0 Å². The van der Waals surface area contributed by atoms with Crippen LogP contribution in [0.3, 0.4) is 0 Å². The molecule has 0 spiro atoms. The Bertz CT molecular complexity index is 1100. The lowest BCUT2D eigenvalue weighted by Gasteiger charge is -2.25. The van der Waals surface area contributed by atoms with Gasteiger partial charge in [-0.15, -0.1) is 0 Å². The van der Waals surface area contributed by atoms with Crippen LogP contribution in [0, 0.1) is 0 Å². The highest BCUT2D eigenvalue weighted by atomic mass is 31.2. The molecule has 0 fully saturated rings. The van der Waals surface area contributed by atoms with E-state index >= 15 is 0 Å². The van der Waals surface area contributed by atoms with E-state index in [2.05, 4.69) is 73.4 Å². The van der Waals surface area contributed by atoms with Crippen LogP contribution in [0.15, 0.2) is 109 Å². The first kappa shape index (κ1) is 19.1. The van der Waals surface area contributed by atoms with Crippen molar-refractivity contribution >= 4 is 29.1 Å². The highest BCUT2D eigenvalue weighted by molar-refractivity contribution is 7.95. The van der Waals surface area contributed by atoms with Gasteiger partial charge in [-0.05, 0) is 48.0 Å². The van der Waals surface area contributed by atoms with Crippen LogP contribution in [0.4, 0.5) is 0 Å². The summed E-state index contributed by atoms with van der Waals surface area (Å²) in [7, 11) is -1.92. The average Bonchev–Trinajstić information content (AvgIpc) is 2.80. The molecule has 29 heavy (non-hydrogen) atoms. The van der Waals surface area contributed by atoms with Crippen molar-refractivity contribution in [2.75, 3.05) is 6.66 Å². The molecule has 0 saturated heterocycles. The lowest BCUT2D eigenvalue weighted by molar-refractivity contribution is 0.0697. The zero-order chi connectivity index (χ0) is 20.3. The molecule has 1 N–H and O–H groups in total. The van der Waals surface area contributed by atoms with Crippen molar-refractivity contribution in [1.82, 2.24) is 0 Å². The molecule has 0 bridgehead atoms. The quantitative estimate of drug-likeness (QED) is 0.483. The Labute approximate surface area is 171 Å². The van der Waals surface area contributed by atoms with Crippen molar-refractivity contribution in [2.45, 2.75) is 0 Å². The molecule has 0 amide bonds. The second-order valence-corrected chi connectivity index (χ2v) is 10.6. The van der Waals surface area contributed by atoms with Gasteiger partial charge >= 0.3 is 5.97 Å². The van der Waals surface area contributed by atoms with Gasteiger partial charge in [0, 0.05) is 5.56 Å². The van der Waals surface area contributed by atoms with E-state index in [-0.39, 0.29) is 0 Å². The third-order valence-corrected chi connectivity index (χ3v) is 9.37. The van der Waals surface area contributed by atoms with Gasteiger partial charge in [0.05, 0.1) is 12.2 Å². The molecule has 0 saturated carbocycles. The molecule has 4 rings (SSSR count). The standard InChI is InChI=1S/C26H21O2P/c1-29(22-13-4-2-5-14-22,23-15-6-3-7-16-23)25-18-9-8-17-24(25)20-11-10-12-21(19-20)26(27)28/h2-19H,1H3/p+1. The van der Waals surface area contributed by atoms with Gasteiger partial charge in [-0.1, -0.05) is 66.7 Å². The van der Waals surface area contributed by atoms with Crippen LogP contribution in [0.25, 0.3) is 11.1 Å². The highest BCUT2D eigenvalue weighted by Gasteiger charge is 2.41. The highest BCUT2D eigenvalue weighted by Crippen LogP contribution is 2.53. The van der Waals surface area contributed by atoms with Crippen molar-refractivity contribution in [2.24, 2.45) is 0 Å². The topological polar surface area (TPSA) is 37.3 Å². The van der Waals surface area contributed by atoms with Crippen LogP contribution in [0.1, 0.15) is 10.4 Å². The monoisotopic (exact) mass is 397 g/mol. The Morgan fingerprint density at radius 3 is 1.83 bits per heavy atom. The van der Waals surface area contributed by atoms with Gasteiger partial charge in [-0.25, -0.2) is 4.79 Å². The Balaban J connectivity index is 1.99. The first-order valence-electron chi connectivity index (χ1n) is 9.52. The maximum atomic E-state index is 11.5. The van der Waals surface area contributed by atoms with Crippen LogP contribution < -0.4 is 15.9 Å². The molecular weight excluding hydrogens is 375 g/mol. The van der Waals surface area contributed by atoms with Crippen molar-refractivity contribution in [3.8, 4) is 11.1 Å². The van der Waals surface area contributed by atoms with E-state index in [1.165, 1.54) is 15.9 Å². The number of carboxylic acid groups (broad SMARTS) is 1. The van der Waals surface area contributed by atoms with Gasteiger partial charge in [0.2, 0.25) is 0 Å². The van der Waals surface area contributed by atoms with E-state index in [0.717, 1.165) is 11.1 Å². The van der Waals surface area contributed by atoms with Gasteiger partial charge in [-0.2, -0.15) is 0 Å². The zero-order valence-corrected chi connectivity index (χ0v) is 17.1. The molecule has 4 aromatic carbocycles. The van der Waals surface area contributed by atoms with Crippen molar-refractivity contribution in [3.05, 3.63) is 115 Å². The smallest absolute Gasteiger partial charge is 0.335 e. The van der Waals surface area contributed by atoms with Crippen LogP contribution in [0.2, 0.25) is 0 Å². The maximum absolute atomic E-state index is 11.5. The number of aromatic carboxylic acids is 1. The summed E-state index contributed by atoms with van der Waals surface area (Å²) in [5, 5.41) is 13.3. The van der Waals surface area contributed by atoms with E-state index in [0.29, 0.717) is 5.56 Å². The zero-order valence-electron chi connectivity index (χ0n) is 16.2. The Morgan fingerprint density at radius 1 is 0.690 bits per heavy atom. The number of rotatable bonds is 5. The summed E-state index contributed by atoms with van der Waals surface area (Å²) in [6.07, 6.45) is 0. The van der Waals surface area contributed by atoms with Crippen LogP contribution >= 0.6 is 7.26 Å². The van der Waals surface area contributed by atoms with Gasteiger partial charge in [0.15, 0.2) is 0 Å². The van der Waals surface area contributed by atoms with Crippen LogP contribution in [-0.4, -0.2) is 17.7 Å². The summed E-state index contributed by atoms with van der Waals surface area (Å²) in [5.41, 5.74) is 2.31. The van der Waals surface area contributed by atoms with E-state index < -0.39 is 13.2 Å². The van der Waals surface area contributed by atoms with E-state index in [4.69, 9.17) is 0 Å². The summed E-state index contributed by atoms with van der Waals surface area (Å²) in [6.45, 7) is 2.34. The minimum Gasteiger partial charge on any atom is -0.478 e. The fraction of sp³-hybridized carbons (Fsp3) is 0.0385. The molecule has 2 nitrogen and oxygen atoms in total. The second kappa shape index (κ2) is 8.03. The minimum atomic E-state index is -1.92.